The third-order valence-corrected chi connectivity index (χ3v) is 2.91. The Kier molecular flexibility index (Phi) is 11.0. The molecule has 0 amide bonds. The molecule has 0 atom stereocenters. The van der Waals surface area contributed by atoms with Crippen LogP contribution in [0.2, 0.25) is 0 Å². The van der Waals surface area contributed by atoms with Crippen molar-refractivity contribution in [2.45, 2.75) is 52.7 Å². The van der Waals surface area contributed by atoms with Crippen LogP contribution in [0.5, 0.6) is 0 Å². The van der Waals surface area contributed by atoms with Crippen LogP contribution in [0.1, 0.15) is 41.5 Å². The zero-order chi connectivity index (χ0) is 9.99. The van der Waals surface area contributed by atoms with Crippen molar-refractivity contribution in [1.82, 2.24) is 0 Å². The molecule has 0 aromatic heterocycles. The van der Waals surface area contributed by atoms with Crippen LogP contribution in [0.3, 0.4) is 0 Å². The molecule has 0 bridgehead atoms. The van der Waals surface area contributed by atoms with Gasteiger partial charge in [-0.25, -0.2) is 0 Å². The molecule has 0 heterocycles. The summed E-state index contributed by atoms with van der Waals surface area (Å²) in [6, 6.07) is 0. The molecular weight excluding hydrogens is 228 g/mol. The van der Waals surface area contributed by atoms with Crippen molar-refractivity contribution in [1.29, 1.82) is 0 Å². The molecule has 0 aliphatic carbocycles. The second-order valence-corrected chi connectivity index (χ2v) is 6.22. The maximum absolute atomic E-state index is 5.62. The van der Waals surface area contributed by atoms with Gasteiger partial charge in [0.05, 0.1) is 0 Å². The van der Waals surface area contributed by atoms with Crippen molar-refractivity contribution in [3.63, 3.8) is 0 Å². The Labute approximate surface area is 113 Å². The molecule has 0 aromatic carbocycles. The first-order valence-corrected chi connectivity index (χ1v) is 6.05. The van der Waals surface area contributed by atoms with E-state index >= 15 is 0 Å². The van der Waals surface area contributed by atoms with Crippen molar-refractivity contribution in [2.75, 3.05) is 0 Å². The van der Waals surface area contributed by atoms with Crippen molar-refractivity contribution >= 4 is 32.3 Å². The molecule has 0 fully saturated rings. The zero-order valence-corrected chi connectivity index (χ0v) is 13.5. The van der Waals surface area contributed by atoms with Gasteiger partial charge >= 0.3 is 23.1 Å². The van der Waals surface area contributed by atoms with Crippen LogP contribution < -0.4 is 12.4 Å². The van der Waals surface area contributed by atoms with Gasteiger partial charge in [0.25, 0.3) is 0 Å². The van der Waals surface area contributed by atoms with Crippen molar-refractivity contribution in [3.05, 3.63) is 6.55 Å². The molecule has 0 aliphatic rings. The minimum atomic E-state index is -1.70. The largest absolute Gasteiger partial charge is 2.00 e. The summed E-state index contributed by atoms with van der Waals surface area (Å²) in [5.41, 5.74) is -0.270. The van der Waals surface area contributed by atoms with Crippen LogP contribution in [-0.2, 0) is 8.85 Å². The molecule has 0 saturated heterocycles. The first-order valence-electron chi connectivity index (χ1n) is 4.29. The van der Waals surface area contributed by atoms with Gasteiger partial charge in [0.1, 0.15) is 0 Å². The van der Waals surface area contributed by atoms with Crippen molar-refractivity contribution in [3.8, 4) is 0 Å². The number of rotatable bonds is 2. The topological polar surface area (TPSA) is 18.5 Å². The average Bonchev–Trinajstić information content (AvgIpc) is 1.49. The van der Waals surface area contributed by atoms with E-state index < -0.39 is 9.28 Å². The maximum Gasteiger partial charge on any atom is 2.00 e. The van der Waals surface area contributed by atoms with E-state index in [0.29, 0.717) is 0 Å². The van der Waals surface area contributed by atoms with Gasteiger partial charge in [-0.1, -0.05) is 0 Å². The maximum atomic E-state index is 5.62. The standard InChI is InChI=1S/C9H21O2Si.ClH.Mg/c1-8(2,3)10-12(7)11-9(4,5)6;;/h12H,7H2,1-6H3;1H;/q-1;;+2/p-1. The van der Waals surface area contributed by atoms with Crippen molar-refractivity contribution < 1.29 is 21.3 Å². The summed E-state index contributed by atoms with van der Waals surface area (Å²) < 4.78 is 11.2. The van der Waals surface area contributed by atoms with Gasteiger partial charge in [0, 0.05) is 11.2 Å². The normalized spacial score (nSPS) is 12.0. The predicted molar refractivity (Wildman–Crippen MR) is 59.9 cm³/mol. The average molecular weight is 249 g/mol. The van der Waals surface area contributed by atoms with Crippen LogP contribution >= 0.6 is 0 Å². The van der Waals surface area contributed by atoms with Crippen molar-refractivity contribution in [2.24, 2.45) is 0 Å². The van der Waals surface area contributed by atoms with Gasteiger partial charge in [0.15, 0.2) is 9.28 Å². The molecule has 0 spiro atoms. The number of hydrogen-bond acceptors (Lipinski definition) is 2. The summed E-state index contributed by atoms with van der Waals surface area (Å²) in [5.74, 6) is 0. The van der Waals surface area contributed by atoms with Gasteiger partial charge in [-0.15, -0.1) is 0 Å². The third kappa shape index (κ3) is 15.7. The minimum Gasteiger partial charge on any atom is -1.00 e. The quantitative estimate of drug-likeness (QED) is 0.454. The monoisotopic (exact) mass is 248 g/mol. The summed E-state index contributed by atoms with van der Waals surface area (Å²) in [7, 11) is -1.70. The third-order valence-electron chi connectivity index (χ3n) is 0.970. The molecule has 0 N–H and O–H groups in total. The first-order chi connectivity index (χ1) is 5.10. The summed E-state index contributed by atoms with van der Waals surface area (Å²) in [4.78, 5) is 0. The van der Waals surface area contributed by atoms with Crippen LogP contribution in [0, 0.1) is 6.55 Å². The fourth-order valence-electron chi connectivity index (χ4n) is 0.813. The summed E-state index contributed by atoms with van der Waals surface area (Å²) >= 11 is 0. The van der Waals surface area contributed by atoms with Gasteiger partial charge in [-0.3, -0.25) is 6.55 Å². The van der Waals surface area contributed by atoms with Gasteiger partial charge in [-0.05, 0) is 41.5 Å². The van der Waals surface area contributed by atoms with E-state index in [0.717, 1.165) is 0 Å². The van der Waals surface area contributed by atoms with E-state index in [-0.39, 0.29) is 46.7 Å². The van der Waals surface area contributed by atoms with E-state index in [1.165, 1.54) is 0 Å². The Morgan fingerprint density at radius 1 is 0.857 bits per heavy atom. The molecule has 5 heteroatoms. The Hall–Kier alpha value is 1.19. The van der Waals surface area contributed by atoms with Crippen LogP contribution in [0.25, 0.3) is 0 Å². The Balaban J connectivity index is -0.000000605. The molecule has 0 aliphatic heterocycles. The summed E-state index contributed by atoms with van der Waals surface area (Å²) in [5, 5.41) is 0. The van der Waals surface area contributed by atoms with E-state index in [2.05, 4.69) is 6.55 Å². The van der Waals surface area contributed by atoms with Crippen LogP contribution in [0.15, 0.2) is 0 Å². The van der Waals surface area contributed by atoms with Gasteiger partial charge in [-0.2, -0.15) is 0 Å². The van der Waals surface area contributed by atoms with Crippen LogP contribution in [-0.4, -0.2) is 43.5 Å². The minimum absolute atomic E-state index is 0. The number of hydrogen-bond donors (Lipinski definition) is 0. The molecule has 0 aromatic rings. The van der Waals surface area contributed by atoms with Crippen LogP contribution in [0.4, 0.5) is 0 Å². The molecule has 0 radical (unpaired) electrons. The van der Waals surface area contributed by atoms with Gasteiger partial charge in [0.2, 0.25) is 0 Å². The zero-order valence-electron chi connectivity index (χ0n) is 10.2. The summed E-state index contributed by atoms with van der Waals surface area (Å²) in [6.07, 6.45) is 0. The summed E-state index contributed by atoms with van der Waals surface area (Å²) in [6.45, 7) is 16.0. The van der Waals surface area contributed by atoms with Gasteiger partial charge < -0.3 is 21.3 Å². The SMILES string of the molecule is [CH2-][SiH](OC(C)(C)C)OC(C)(C)C.[Cl-].[Mg+2]. The van der Waals surface area contributed by atoms with E-state index in [9.17, 15) is 0 Å². The fraction of sp³-hybridized carbons (Fsp3) is 0.889. The number of halogens is 1. The molecule has 82 valence electrons. The molecule has 0 rings (SSSR count). The molecule has 0 unspecified atom stereocenters. The van der Waals surface area contributed by atoms with E-state index in [4.69, 9.17) is 8.85 Å². The molecule has 14 heavy (non-hydrogen) atoms. The Bertz CT molecular complexity index is 127. The first kappa shape index (κ1) is 20.6. The fourth-order valence-corrected chi connectivity index (χ4v) is 2.44. The molecule has 0 saturated carbocycles. The molecular formula is C9H21ClMgO2Si. The molecule has 2 nitrogen and oxygen atoms in total. The smallest absolute Gasteiger partial charge is 1.00 e. The predicted octanol–water partition coefficient (Wildman–Crippen LogP) is -1.17. The second-order valence-electron chi connectivity index (χ2n) is 4.89. The Morgan fingerprint density at radius 2 is 1.07 bits per heavy atom. The van der Waals surface area contributed by atoms with E-state index in [1.807, 2.05) is 41.5 Å². The van der Waals surface area contributed by atoms with E-state index in [1.54, 1.807) is 0 Å². The Morgan fingerprint density at radius 3 is 1.21 bits per heavy atom. The second kappa shape index (κ2) is 7.46.